The first-order valence-electron chi connectivity index (χ1n) is 12.0. The molecule has 2 amide bonds. The van der Waals surface area contributed by atoms with Gasteiger partial charge in [0.05, 0.1) is 10.8 Å². The largest absolute Gasteiger partial charge is 0.326 e. The summed E-state index contributed by atoms with van der Waals surface area (Å²) in [6, 6.07) is 14.0. The van der Waals surface area contributed by atoms with E-state index < -0.39 is 15.9 Å². The van der Waals surface area contributed by atoms with Crippen LogP contribution in [0.2, 0.25) is 0 Å². The molecular weight excluding hydrogens is 450 g/mol. The van der Waals surface area contributed by atoms with Crippen molar-refractivity contribution in [2.24, 2.45) is 5.92 Å². The smallest absolute Gasteiger partial charge is 0.243 e. The van der Waals surface area contributed by atoms with Crippen LogP contribution < -0.4 is 10.2 Å². The number of nitrogens with one attached hydrogen (secondary N) is 1. The van der Waals surface area contributed by atoms with Gasteiger partial charge in [-0.25, -0.2) is 8.42 Å². The first-order chi connectivity index (χ1) is 16.2. The van der Waals surface area contributed by atoms with E-state index in [-0.39, 0.29) is 35.2 Å². The lowest BCUT2D eigenvalue weighted by Gasteiger charge is -2.37. The standard InChI is InChI=1S/C26H33N3O4S/c1-4-20-10-5-6-11-24(20)28-17-21(16-25(28)30)26(31)27-22-12-14-23(15-13-22)34(32,33)29-18(2)8-7-9-19(29)3/h5-6,10-15,18-19,21H,4,7-9,16-17H2,1-3H3,(H,27,31)/t18-,19-,21-/m1/s1. The van der Waals surface area contributed by atoms with Crippen LogP contribution in [0.1, 0.15) is 52.0 Å². The van der Waals surface area contributed by atoms with Crippen molar-refractivity contribution in [1.29, 1.82) is 0 Å². The van der Waals surface area contributed by atoms with E-state index in [1.54, 1.807) is 33.5 Å². The van der Waals surface area contributed by atoms with Crippen LogP contribution in [0.5, 0.6) is 0 Å². The second kappa shape index (κ2) is 9.88. The van der Waals surface area contributed by atoms with Gasteiger partial charge >= 0.3 is 0 Å². The summed E-state index contributed by atoms with van der Waals surface area (Å²) in [5.74, 6) is -0.762. The maximum absolute atomic E-state index is 13.2. The Morgan fingerprint density at radius 2 is 1.68 bits per heavy atom. The molecule has 4 rings (SSSR count). The number of hydrogen-bond donors (Lipinski definition) is 1. The summed E-state index contributed by atoms with van der Waals surface area (Å²) in [7, 11) is -3.60. The zero-order valence-electron chi connectivity index (χ0n) is 20.0. The van der Waals surface area contributed by atoms with E-state index >= 15 is 0 Å². The number of piperidine rings is 1. The summed E-state index contributed by atoms with van der Waals surface area (Å²) >= 11 is 0. The number of anilines is 2. The van der Waals surface area contributed by atoms with E-state index in [2.05, 4.69) is 5.32 Å². The Hall–Kier alpha value is -2.71. The summed E-state index contributed by atoms with van der Waals surface area (Å²) in [6.45, 7) is 6.28. The van der Waals surface area contributed by atoms with Crippen molar-refractivity contribution in [2.45, 2.75) is 69.9 Å². The van der Waals surface area contributed by atoms with Crippen molar-refractivity contribution in [3.05, 3.63) is 54.1 Å². The second-order valence-electron chi connectivity index (χ2n) is 9.37. The van der Waals surface area contributed by atoms with Crippen molar-refractivity contribution in [2.75, 3.05) is 16.8 Å². The normalized spacial score (nSPS) is 23.8. The number of hydrogen-bond acceptors (Lipinski definition) is 4. The van der Waals surface area contributed by atoms with E-state index in [1.165, 1.54) is 0 Å². The molecule has 7 nitrogen and oxygen atoms in total. The summed E-state index contributed by atoms with van der Waals surface area (Å²) in [5, 5.41) is 2.85. The van der Waals surface area contributed by atoms with Crippen LogP contribution in [-0.4, -0.2) is 43.2 Å². The first-order valence-corrected chi connectivity index (χ1v) is 13.5. The van der Waals surface area contributed by atoms with Gasteiger partial charge < -0.3 is 10.2 Å². The molecule has 0 unspecified atom stereocenters. The van der Waals surface area contributed by atoms with E-state index in [0.29, 0.717) is 12.2 Å². The van der Waals surface area contributed by atoms with Gasteiger partial charge in [0.15, 0.2) is 0 Å². The van der Waals surface area contributed by atoms with Crippen molar-refractivity contribution < 1.29 is 18.0 Å². The van der Waals surface area contributed by atoms with Crippen LogP contribution in [0.25, 0.3) is 0 Å². The Bertz CT molecular complexity index is 1150. The Morgan fingerprint density at radius 3 is 2.32 bits per heavy atom. The highest BCUT2D eigenvalue weighted by atomic mass is 32.2. The van der Waals surface area contributed by atoms with Gasteiger partial charge in [0.2, 0.25) is 21.8 Å². The molecule has 0 bridgehead atoms. The average molecular weight is 484 g/mol. The van der Waals surface area contributed by atoms with Crippen molar-refractivity contribution in [1.82, 2.24) is 4.31 Å². The minimum absolute atomic E-state index is 0.0335. The molecule has 182 valence electrons. The minimum atomic E-state index is -3.60. The number of sulfonamides is 1. The molecule has 34 heavy (non-hydrogen) atoms. The van der Waals surface area contributed by atoms with E-state index in [0.717, 1.165) is 36.9 Å². The highest BCUT2D eigenvalue weighted by Crippen LogP contribution is 2.31. The van der Waals surface area contributed by atoms with Gasteiger partial charge in [-0.15, -0.1) is 0 Å². The van der Waals surface area contributed by atoms with Gasteiger partial charge in [-0.05, 0) is 69.0 Å². The number of nitrogens with zero attached hydrogens (tertiary/aromatic N) is 2. The van der Waals surface area contributed by atoms with Gasteiger partial charge in [-0.2, -0.15) is 4.31 Å². The first kappa shape index (κ1) is 24.4. The van der Waals surface area contributed by atoms with Gasteiger partial charge in [-0.3, -0.25) is 9.59 Å². The van der Waals surface area contributed by atoms with Crippen LogP contribution in [-0.2, 0) is 26.0 Å². The maximum Gasteiger partial charge on any atom is 0.243 e. The number of rotatable bonds is 6. The molecule has 0 aliphatic carbocycles. The summed E-state index contributed by atoms with van der Waals surface area (Å²) in [4.78, 5) is 27.5. The third-order valence-corrected chi connectivity index (χ3v) is 9.11. The second-order valence-corrected chi connectivity index (χ2v) is 11.2. The molecule has 0 aromatic heterocycles. The highest BCUT2D eigenvalue weighted by molar-refractivity contribution is 7.89. The Morgan fingerprint density at radius 1 is 1.03 bits per heavy atom. The van der Waals surface area contributed by atoms with Gasteiger partial charge in [-0.1, -0.05) is 31.5 Å². The number of benzene rings is 2. The molecule has 2 heterocycles. The minimum Gasteiger partial charge on any atom is -0.326 e. The van der Waals surface area contributed by atoms with Crippen molar-refractivity contribution in [3.63, 3.8) is 0 Å². The fourth-order valence-corrected chi connectivity index (χ4v) is 7.02. The topological polar surface area (TPSA) is 86.8 Å². The lowest BCUT2D eigenvalue weighted by molar-refractivity contribution is -0.122. The zero-order valence-corrected chi connectivity index (χ0v) is 20.8. The van der Waals surface area contributed by atoms with E-state index in [4.69, 9.17) is 0 Å². The molecule has 2 fully saturated rings. The molecule has 0 radical (unpaired) electrons. The number of para-hydroxylation sites is 1. The summed E-state index contributed by atoms with van der Waals surface area (Å²) < 4.78 is 28.0. The van der Waals surface area contributed by atoms with E-state index in [9.17, 15) is 18.0 Å². The highest BCUT2D eigenvalue weighted by Gasteiger charge is 2.37. The molecule has 0 spiro atoms. The average Bonchev–Trinajstić information content (AvgIpc) is 3.20. The molecule has 0 saturated carbocycles. The summed E-state index contributed by atoms with van der Waals surface area (Å²) in [5.41, 5.74) is 2.45. The molecule has 2 aromatic rings. The van der Waals surface area contributed by atoms with E-state index in [1.807, 2.05) is 45.0 Å². The predicted molar refractivity (Wildman–Crippen MR) is 133 cm³/mol. The van der Waals surface area contributed by atoms with Crippen LogP contribution in [0.3, 0.4) is 0 Å². The van der Waals surface area contributed by atoms with Crippen molar-refractivity contribution >= 4 is 33.2 Å². The van der Waals surface area contributed by atoms with Crippen LogP contribution in [0, 0.1) is 5.92 Å². The predicted octanol–water partition coefficient (Wildman–Crippen LogP) is 4.19. The monoisotopic (exact) mass is 483 g/mol. The zero-order chi connectivity index (χ0) is 24.5. The lowest BCUT2D eigenvalue weighted by atomic mass is 10.0. The van der Waals surface area contributed by atoms with Crippen molar-refractivity contribution in [3.8, 4) is 0 Å². The quantitative estimate of drug-likeness (QED) is 0.667. The molecular formula is C26H33N3O4S. The summed E-state index contributed by atoms with van der Waals surface area (Å²) in [6.07, 6.45) is 3.71. The molecule has 2 aliphatic rings. The molecule has 2 aliphatic heterocycles. The molecule has 3 atom stereocenters. The third-order valence-electron chi connectivity index (χ3n) is 6.97. The molecule has 1 N–H and O–H groups in total. The Balaban J connectivity index is 1.44. The third kappa shape index (κ3) is 4.74. The lowest BCUT2D eigenvalue weighted by Crippen LogP contribution is -2.47. The number of amides is 2. The number of aryl methyl sites for hydroxylation is 1. The number of carbonyl (C=O) groups excluding carboxylic acids is 2. The fourth-order valence-electron chi connectivity index (χ4n) is 5.14. The number of carbonyl (C=O) groups is 2. The van der Waals surface area contributed by atoms with Gasteiger partial charge in [0.1, 0.15) is 0 Å². The van der Waals surface area contributed by atoms with Gasteiger partial charge in [0.25, 0.3) is 0 Å². The SMILES string of the molecule is CCc1ccccc1N1C[C@H](C(=O)Nc2ccc(S(=O)(=O)N3[C@H](C)CCC[C@H]3C)cc2)CC1=O. The Labute approximate surface area is 202 Å². The van der Waals surface area contributed by atoms with Crippen LogP contribution in [0.4, 0.5) is 11.4 Å². The Kier molecular flexibility index (Phi) is 7.09. The maximum atomic E-state index is 13.2. The molecule has 8 heteroatoms. The van der Waals surface area contributed by atoms with Crippen LogP contribution in [0.15, 0.2) is 53.4 Å². The molecule has 2 saturated heterocycles. The van der Waals surface area contributed by atoms with Crippen LogP contribution >= 0.6 is 0 Å². The van der Waals surface area contributed by atoms with Gasteiger partial charge in [0, 0.05) is 36.4 Å². The molecule has 2 aromatic carbocycles. The fraction of sp³-hybridized carbons (Fsp3) is 0.462.